The van der Waals surface area contributed by atoms with E-state index in [4.69, 9.17) is 5.21 Å². The van der Waals surface area contributed by atoms with Crippen molar-refractivity contribution in [1.29, 1.82) is 0 Å². The number of carbonyl (C=O) groups is 1. The Morgan fingerprint density at radius 1 is 1.59 bits per heavy atom. The Morgan fingerprint density at radius 3 is 3.00 bits per heavy atom. The van der Waals surface area contributed by atoms with Gasteiger partial charge in [0.1, 0.15) is 0 Å². The van der Waals surface area contributed by atoms with E-state index >= 15 is 0 Å². The van der Waals surface area contributed by atoms with E-state index in [0.29, 0.717) is 10.8 Å². The summed E-state index contributed by atoms with van der Waals surface area (Å²) in [5, 5.41) is 13.9. The van der Waals surface area contributed by atoms with Crippen molar-refractivity contribution in [2.24, 2.45) is 0 Å². The van der Waals surface area contributed by atoms with Crippen LogP contribution in [0, 0.1) is 0 Å². The second kappa shape index (κ2) is 4.85. The minimum atomic E-state index is -0.464. The number of fused-ring (bicyclic) bond motifs is 1. The van der Waals surface area contributed by atoms with E-state index in [0.717, 1.165) is 38.3 Å². The highest BCUT2D eigenvalue weighted by atomic mass is 16.5. The molecule has 1 aromatic rings. The van der Waals surface area contributed by atoms with Crippen LogP contribution in [-0.4, -0.2) is 51.0 Å². The molecule has 0 bridgehead atoms. The average molecular weight is 238 g/mol. The zero-order valence-corrected chi connectivity index (χ0v) is 10.3. The van der Waals surface area contributed by atoms with Gasteiger partial charge < -0.3 is 0 Å². The standard InChI is InChI=1S/C11H18N4O2/c1-3-14-5-4-6-15-9(8-14)7-10(12-15)11(16)13(2)17/h7,17H,3-6,8H2,1-2H3. The summed E-state index contributed by atoms with van der Waals surface area (Å²) in [5.74, 6) is -0.464. The van der Waals surface area contributed by atoms with E-state index in [-0.39, 0.29) is 0 Å². The van der Waals surface area contributed by atoms with Crippen LogP contribution in [0.4, 0.5) is 0 Å². The van der Waals surface area contributed by atoms with Crippen LogP contribution in [0.15, 0.2) is 6.07 Å². The molecule has 0 saturated carbocycles. The maximum Gasteiger partial charge on any atom is 0.297 e. The molecule has 17 heavy (non-hydrogen) atoms. The van der Waals surface area contributed by atoms with Crippen LogP contribution in [0.25, 0.3) is 0 Å². The van der Waals surface area contributed by atoms with Gasteiger partial charge in [0, 0.05) is 26.7 Å². The van der Waals surface area contributed by atoms with Gasteiger partial charge in [0.15, 0.2) is 5.69 Å². The van der Waals surface area contributed by atoms with Gasteiger partial charge in [0.2, 0.25) is 0 Å². The third-order valence-electron chi connectivity index (χ3n) is 3.05. The first-order valence-corrected chi connectivity index (χ1v) is 5.88. The summed E-state index contributed by atoms with van der Waals surface area (Å²) >= 11 is 0. The van der Waals surface area contributed by atoms with Gasteiger partial charge in [-0.15, -0.1) is 0 Å². The van der Waals surface area contributed by atoms with Gasteiger partial charge in [-0.2, -0.15) is 5.10 Å². The molecule has 6 nitrogen and oxygen atoms in total. The number of aryl methyl sites for hydroxylation is 1. The van der Waals surface area contributed by atoms with Crippen molar-refractivity contribution >= 4 is 5.91 Å². The van der Waals surface area contributed by atoms with E-state index in [1.54, 1.807) is 6.07 Å². The van der Waals surface area contributed by atoms with Gasteiger partial charge in [0.25, 0.3) is 5.91 Å². The first-order chi connectivity index (χ1) is 8.11. The summed E-state index contributed by atoms with van der Waals surface area (Å²) < 4.78 is 1.87. The number of amides is 1. The van der Waals surface area contributed by atoms with Crippen LogP contribution in [0.3, 0.4) is 0 Å². The van der Waals surface area contributed by atoms with Crippen molar-refractivity contribution in [3.8, 4) is 0 Å². The Balaban J connectivity index is 2.23. The van der Waals surface area contributed by atoms with Gasteiger partial charge in [-0.05, 0) is 19.0 Å². The van der Waals surface area contributed by atoms with Crippen molar-refractivity contribution in [3.05, 3.63) is 17.5 Å². The van der Waals surface area contributed by atoms with Gasteiger partial charge >= 0.3 is 0 Å². The molecular weight excluding hydrogens is 220 g/mol. The average Bonchev–Trinajstić information content (AvgIpc) is 2.60. The Kier molecular flexibility index (Phi) is 3.44. The minimum absolute atomic E-state index is 0.308. The van der Waals surface area contributed by atoms with Gasteiger partial charge in [-0.3, -0.25) is 19.6 Å². The largest absolute Gasteiger partial charge is 0.298 e. The molecule has 0 saturated heterocycles. The van der Waals surface area contributed by atoms with E-state index in [1.807, 2.05) is 4.68 Å². The molecule has 0 fully saturated rings. The van der Waals surface area contributed by atoms with Gasteiger partial charge in [-0.1, -0.05) is 6.92 Å². The maximum absolute atomic E-state index is 11.6. The molecule has 0 radical (unpaired) electrons. The predicted molar refractivity (Wildman–Crippen MR) is 61.7 cm³/mol. The number of aromatic nitrogens is 2. The second-order valence-electron chi connectivity index (χ2n) is 4.30. The number of nitrogens with zero attached hydrogens (tertiary/aromatic N) is 4. The number of rotatable bonds is 2. The monoisotopic (exact) mass is 238 g/mol. The number of hydrogen-bond acceptors (Lipinski definition) is 4. The molecule has 0 aromatic carbocycles. The molecule has 1 aromatic heterocycles. The molecule has 0 spiro atoms. The molecule has 0 aliphatic carbocycles. The SMILES string of the molecule is CCN1CCCn2nc(C(=O)N(C)O)cc2C1. The number of hydrogen-bond donors (Lipinski definition) is 1. The molecular formula is C11H18N4O2. The second-order valence-corrected chi connectivity index (χ2v) is 4.30. The number of carbonyl (C=O) groups excluding carboxylic acids is 1. The molecule has 1 N–H and O–H groups in total. The Bertz CT molecular complexity index is 414. The molecule has 1 aliphatic rings. The highest BCUT2D eigenvalue weighted by Crippen LogP contribution is 2.14. The molecule has 2 rings (SSSR count). The van der Waals surface area contributed by atoms with E-state index in [2.05, 4.69) is 16.9 Å². The van der Waals surface area contributed by atoms with Crippen LogP contribution in [0.1, 0.15) is 29.5 Å². The van der Waals surface area contributed by atoms with E-state index in [9.17, 15) is 4.79 Å². The Hall–Kier alpha value is -1.40. The van der Waals surface area contributed by atoms with Crippen molar-refractivity contribution in [1.82, 2.24) is 19.7 Å². The lowest BCUT2D eigenvalue weighted by atomic mass is 10.3. The summed E-state index contributed by atoms with van der Waals surface area (Å²) in [7, 11) is 1.31. The van der Waals surface area contributed by atoms with Crippen molar-refractivity contribution in [2.45, 2.75) is 26.4 Å². The lowest BCUT2D eigenvalue weighted by Crippen LogP contribution is -2.23. The molecule has 6 heteroatoms. The predicted octanol–water partition coefficient (Wildman–Crippen LogP) is 0.570. The molecule has 94 valence electrons. The molecule has 1 amide bonds. The highest BCUT2D eigenvalue weighted by Gasteiger charge is 2.20. The van der Waals surface area contributed by atoms with E-state index in [1.165, 1.54) is 7.05 Å². The normalized spacial score (nSPS) is 16.4. The first-order valence-electron chi connectivity index (χ1n) is 5.88. The molecule has 0 unspecified atom stereocenters. The van der Waals surface area contributed by atoms with Crippen molar-refractivity contribution in [2.75, 3.05) is 20.1 Å². The topological polar surface area (TPSA) is 61.6 Å². The van der Waals surface area contributed by atoms with Gasteiger partial charge in [-0.25, -0.2) is 5.06 Å². The van der Waals surface area contributed by atoms with Gasteiger partial charge in [0.05, 0.1) is 5.69 Å². The summed E-state index contributed by atoms with van der Waals surface area (Å²) in [6, 6.07) is 1.77. The smallest absolute Gasteiger partial charge is 0.297 e. The lowest BCUT2D eigenvalue weighted by molar-refractivity contribution is -0.0380. The van der Waals surface area contributed by atoms with Crippen molar-refractivity contribution < 1.29 is 10.0 Å². The lowest BCUT2D eigenvalue weighted by Gasteiger charge is -2.15. The van der Waals surface area contributed by atoms with Crippen LogP contribution in [0.5, 0.6) is 0 Å². The summed E-state index contributed by atoms with van der Waals surface area (Å²) in [6.45, 7) is 5.82. The number of hydroxylamine groups is 2. The summed E-state index contributed by atoms with van der Waals surface area (Å²) in [6.07, 6.45) is 1.03. The van der Waals surface area contributed by atoms with Crippen LogP contribution in [0.2, 0.25) is 0 Å². The fourth-order valence-corrected chi connectivity index (χ4v) is 2.07. The zero-order chi connectivity index (χ0) is 12.4. The van der Waals surface area contributed by atoms with E-state index < -0.39 is 5.91 Å². The molecule has 0 atom stereocenters. The maximum atomic E-state index is 11.6. The fourth-order valence-electron chi connectivity index (χ4n) is 2.07. The third-order valence-corrected chi connectivity index (χ3v) is 3.05. The Morgan fingerprint density at radius 2 is 2.35 bits per heavy atom. The third kappa shape index (κ3) is 2.48. The quantitative estimate of drug-likeness (QED) is 0.604. The van der Waals surface area contributed by atoms with Crippen LogP contribution in [-0.2, 0) is 13.1 Å². The Labute approximate surface area is 100 Å². The summed E-state index contributed by atoms with van der Waals surface area (Å²) in [4.78, 5) is 13.9. The van der Waals surface area contributed by atoms with Crippen LogP contribution >= 0.6 is 0 Å². The van der Waals surface area contributed by atoms with Crippen LogP contribution < -0.4 is 0 Å². The molecule has 2 heterocycles. The molecule has 1 aliphatic heterocycles. The van der Waals surface area contributed by atoms with Crippen molar-refractivity contribution in [3.63, 3.8) is 0 Å². The zero-order valence-electron chi connectivity index (χ0n) is 10.3. The summed E-state index contributed by atoms with van der Waals surface area (Å²) in [5.41, 5.74) is 1.34. The minimum Gasteiger partial charge on any atom is -0.298 e. The first kappa shape index (κ1) is 12.1. The highest BCUT2D eigenvalue weighted by molar-refractivity contribution is 5.91. The fraction of sp³-hybridized carbons (Fsp3) is 0.636.